The van der Waals surface area contributed by atoms with Crippen molar-refractivity contribution in [1.29, 1.82) is 0 Å². The minimum atomic E-state index is -1.14. The van der Waals surface area contributed by atoms with Gasteiger partial charge in [0.05, 0.1) is 11.7 Å². The molecule has 0 aliphatic rings. The summed E-state index contributed by atoms with van der Waals surface area (Å²) in [6.45, 7) is -0.119. The van der Waals surface area contributed by atoms with Crippen molar-refractivity contribution in [3.05, 3.63) is 17.7 Å². The highest BCUT2D eigenvalue weighted by atomic mass is 16.3. The van der Waals surface area contributed by atoms with Gasteiger partial charge in [0.2, 0.25) is 0 Å². The minimum Gasteiger partial charge on any atom is -0.508 e. The third-order valence-corrected chi connectivity index (χ3v) is 1.68. The second-order valence-corrected chi connectivity index (χ2v) is 2.65. The van der Waals surface area contributed by atoms with Gasteiger partial charge in [0, 0.05) is 18.7 Å². The molecule has 5 nitrogen and oxygen atoms in total. The lowest BCUT2D eigenvalue weighted by Crippen LogP contribution is -2.11. The highest BCUT2D eigenvalue weighted by Gasteiger charge is 2.16. The van der Waals surface area contributed by atoms with Gasteiger partial charge in [-0.15, -0.1) is 0 Å². The van der Waals surface area contributed by atoms with E-state index in [0.29, 0.717) is 0 Å². The average molecular weight is 185 g/mol. The molecule has 1 aromatic carbocycles. The lowest BCUT2D eigenvalue weighted by Gasteiger charge is -2.12. The lowest BCUT2D eigenvalue weighted by molar-refractivity contribution is 0.178. The molecule has 0 bridgehead atoms. The van der Waals surface area contributed by atoms with Gasteiger partial charge in [-0.1, -0.05) is 0 Å². The van der Waals surface area contributed by atoms with Crippen LogP contribution in [0.4, 0.5) is 0 Å². The van der Waals surface area contributed by atoms with Crippen molar-refractivity contribution < 1.29 is 20.4 Å². The second kappa shape index (κ2) is 3.51. The van der Waals surface area contributed by atoms with Gasteiger partial charge in [-0.3, -0.25) is 0 Å². The first-order valence-electron chi connectivity index (χ1n) is 3.69. The number of aromatic hydroxyl groups is 3. The number of phenols is 3. The molecule has 0 unspecified atom stereocenters. The first-order chi connectivity index (χ1) is 6.06. The number of hydrogen-bond donors (Lipinski definition) is 5. The van der Waals surface area contributed by atoms with Gasteiger partial charge < -0.3 is 26.2 Å². The average Bonchev–Trinajstić information content (AvgIpc) is 2.02. The van der Waals surface area contributed by atoms with Crippen LogP contribution in [0, 0.1) is 0 Å². The van der Waals surface area contributed by atoms with Crippen LogP contribution in [0.3, 0.4) is 0 Å². The summed E-state index contributed by atoms with van der Waals surface area (Å²) in [6, 6.07) is 2.04. The summed E-state index contributed by atoms with van der Waals surface area (Å²) in [7, 11) is 0. The molecule has 0 fully saturated rings. The van der Waals surface area contributed by atoms with Crippen LogP contribution in [-0.2, 0) is 0 Å². The van der Waals surface area contributed by atoms with Crippen LogP contribution >= 0.6 is 0 Å². The number of phenolic OH excluding ortho intramolecular Hbond substituents is 3. The van der Waals surface area contributed by atoms with Crippen molar-refractivity contribution >= 4 is 0 Å². The van der Waals surface area contributed by atoms with E-state index in [1.54, 1.807) is 0 Å². The Balaban J connectivity index is 3.20. The monoisotopic (exact) mass is 185 g/mol. The zero-order valence-electron chi connectivity index (χ0n) is 6.81. The highest BCUT2D eigenvalue weighted by molar-refractivity contribution is 5.49. The highest BCUT2D eigenvalue weighted by Crippen LogP contribution is 2.35. The summed E-state index contributed by atoms with van der Waals surface area (Å²) in [4.78, 5) is 0. The molecular formula is C8H11NO4. The Kier molecular flexibility index (Phi) is 2.60. The van der Waals surface area contributed by atoms with Gasteiger partial charge in [0.1, 0.15) is 17.2 Å². The number of rotatable bonds is 2. The van der Waals surface area contributed by atoms with Crippen molar-refractivity contribution in [1.82, 2.24) is 0 Å². The summed E-state index contributed by atoms with van der Waals surface area (Å²) in [5, 5.41) is 36.7. The Hall–Kier alpha value is -1.46. The maximum Gasteiger partial charge on any atom is 0.128 e. The molecule has 0 spiro atoms. The van der Waals surface area contributed by atoms with Crippen LogP contribution < -0.4 is 5.73 Å². The molecule has 1 aromatic rings. The predicted octanol–water partition coefficient (Wildman–Crippen LogP) is -0.205. The molecule has 1 rings (SSSR count). The first-order valence-corrected chi connectivity index (χ1v) is 3.69. The quantitative estimate of drug-likeness (QED) is 0.438. The van der Waals surface area contributed by atoms with Gasteiger partial charge in [-0.2, -0.15) is 0 Å². The van der Waals surface area contributed by atoms with E-state index >= 15 is 0 Å². The van der Waals surface area contributed by atoms with Gasteiger partial charge in [-0.05, 0) is 0 Å². The fourth-order valence-corrected chi connectivity index (χ4v) is 1.07. The summed E-state index contributed by atoms with van der Waals surface area (Å²) < 4.78 is 0. The smallest absolute Gasteiger partial charge is 0.128 e. The summed E-state index contributed by atoms with van der Waals surface area (Å²) >= 11 is 0. The van der Waals surface area contributed by atoms with E-state index in [9.17, 15) is 15.3 Å². The number of aliphatic hydroxyl groups excluding tert-OH is 1. The maximum absolute atomic E-state index is 9.26. The zero-order valence-corrected chi connectivity index (χ0v) is 6.81. The Morgan fingerprint density at radius 2 is 1.62 bits per heavy atom. The molecule has 0 aromatic heterocycles. The molecule has 0 saturated heterocycles. The SMILES string of the molecule is NC[C@H](O)c1c(O)cc(O)cc1O. The van der Waals surface area contributed by atoms with Crippen LogP contribution in [0.25, 0.3) is 0 Å². The number of benzene rings is 1. The fourth-order valence-electron chi connectivity index (χ4n) is 1.07. The summed E-state index contributed by atoms with van der Waals surface area (Å²) in [5.74, 6) is -1.03. The minimum absolute atomic E-state index is 0.0692. The Morgan fingerprint density at radius 1 is 1.15 bits per heavy atom. The topological polar surface area (TPSA) is 107 Å². The lowest BCUT2D eigenvalue weighted by atomic mass is 10.1. The van der Waals surface area contributed by atoms with Crippen molar-refractivity contribution in [3.63, 3.8) is 0 Å². The molecule has 5 heteroatoms. The molecule has 6 N–H and O–H groups in total. The number of hydrogen-bond acceptors (Lipinski definition) is 5. The van der Waals surface area contributed by atoms with Gasteiger partial charge in [-0.25, -0.2) is 0 Å². The zero-order chi connectivity index (χ0) is 10.0. The largest absolute Gasteiger partial charge is 0.508 e. The van der Waals surface area contributed by atoms with E-state index in [-0.39, 0.29) is 29.4 Å². The Morgan fingerprint density at radius 3 is 2.00 bits per heavy atom. The molecule has 0 aliphatic heterocycles. The van der Waals surface area contributed by atoms with E-state index in [2.05, 4.69) is 0 Å². The molecule has 0 amide bonds. The van der Waals surface area contributed by atoms with E-state index in [1.807, 2.05) is 0 Å². The molecule has 0 radical (unpaired) electrons. The maximum atomic E-state index is 9.26. The van der Waals surface area contributed by atoms with Crippen LogP contribution in [0.15, 0.2) is 12.1 Å². The normalized spacial score (nSPS) is 12.8. The van der Waals surface area contributed by atoms with E-state index in [0.717, 1.165) is 12.1 Å². The van der Waals surface area contributed by atoms with Crippen molar-refractivity contribution in [2.24, 2.45) is 5.73 Å². The molecular weight excluding hydrogens is 174 g/mol. The van der Waals surface area contributed by atoms with E-state index in [1.165, 1.54) is 0 Å². The van der Waals surface area contributed by atoms with E-state index in [4.69, 9.17) is 10.8 Å². The third-order valence-electron chi connectivity index (χ3n) is 1.68. The molecule has 13 heavy (non-hydrogen) atoms. The first kappa shape index (κ1) is 9.63. The predicted molar refractivity (Wildman–Crippen MR) is 45.5 cm³/mol. The molecule has 0 aliphatic carbocycles. The van der Waals surface area contributed by atoms with Gasteiger partial charge >= 0.3 is 0 Å². The number of nitrogens with two attached hydrogens (primary N) is 1. The van der Waals surface area contributed by atoms with Crippen LogP contribution in [0.2, 0.25) is 0 Å². The molecule has 72 valence electrons. The van der Waals surface area contributed by atoms with Crippen molar-refractivity contribution in [2.75, 3.05) is 6.54 Å². The van der Waals surface area contributed by atoms with Gasteiger partial charge in [0.15, 0.2) is 0 Å². The van der Waals surface area contributed by atoms with Gasteiger partial charge in [0.25, 0.3) is 0 Å². The molecule has 0 saturated carbocycles. The summed E-state index contributed by atoms with van der Waals surface area (Å²) in [5.41, 5.74) is 5.08. The second-order valence-electron chi connectivity index (χ2n) is 2.65. The third kappa shape index (κ3) is 1.82. The molecule has 1 atom stereocenters. The van der Waals surface area contributed by atoms with Crippen molar-refractivity contribution in [2.45, 2.75) is 6.10 Å². The van der Waals surface area contributed by atoms with Crippen LogP contribution in [-0.4, -0.2) is 27.0 Å². The Labute approximate surface area is 74.7 Å². The van der Waals surface area contributed by atoms with Crippen molar-refractivity contribution in [3.8, 4) is 17.2 Å². The van der Waals surface area contributed by atoms with E-state index < -0.39 is 6.10 Å². The number of aliphatic hydroxyl groups is 1. The summed E-state index contributed by atoms with van der Waals surface area (Å²) in [6.07, 6.45) is -1.14. The standard InChI is InChI=1S/C8H11NO4/c9-3-7(13)8-5(11)1-4(10)2-6(8)12/h1-2,7,10-13H,3,9H2/t7-/m0/s1. The molecule has 0 heterocycles. The van der Waals surface area contributed by atoms with Crippen LogP contribution in [0.1, 0.15) is 11.7 Å². The Bertz CT molecular complexity index is 290. The fraction of sp³-hybridized carbons (Fsp3) is 0.250. The van der Waals surface area contributed by atoms with Crippen LogP contribution in [0.5, 0.6) is 17.2 Å².